The predicted octanol–water partition coefficient (Wildman–Crippen LogP) is 3.51. The van der Waals surface area contributed by atoms with Gasteiger partial charge in [0.1, 0.15) is 5.69 Å². The highest BCUT2D eigenvalue weighted by Gasteiger charge is 2.27. The van der Waals surface area contributed by atoms with Crippen LogP contribution in [0.15, 0.2) is 17.5 Å². The van der Waals surface area contributed by atoms with Crippen LogP contribution in [0.25, 0.3) is 0 Å². The zero-order valence-electron chi connectivity index (χ0n) is 12.0. The van der Waals surface area contributed by atoms with Gasteiger partial charge >= 0.3 is 5.69 Å². The highest BCUT2D eigenvalue weighted by atomic mass is 32.1. The molecule has 1 atom stereocenters. The number of rotatable bonds is 5. The first-order chi connectivity index (χ1) is 9.41. The van der Waals surface area contributed by atoms with Gasteiger partial charge in [-0.1, -0.05) is 19.9 Å². The molecular weight excluding hydrogens is 276 g/mol. The van der Waals surface area contributed by atoms with Gasteiger partial charge in [0.25, 0.3) is 0 Å². The Morgan fingerprint density at radius 1 is 1.50 bits per heavy atom. The number of nitrogens with zero attached hydrogens (tertiary/aromatic N) is 3. The number of hydrogen-bond donors (Lipinski definition) is 1. The second-order valence-electron chi connectivity index (χ2n) is 5.04. The zero-order chi connectivity index (χ0) is 14.9. The molecule has 2 heterocycles. The summed E-state index contributed by atoms with van der Waals surface area (Å²) in [6.45, 7) is 5.83. The molecule has 0 saturated carbocycles. The maximum atomic E-state index is 11.2. The second kappa shape index (κ2) is 5.62. The van der Waals surface area contributed by atoms with E-state index in [1.165, 1.54) is 4.68 Å². The van der Waals surface area contributed by atoms with Crippen LogP contribution in [0.4, 0.5) is 11.5 Å². The molecule has 0 aliphatic rings. The standard InChI is InChI=1S/C13H18N4O2S/c1-8(2)11(10-6-5-7-20-10)14-13-12(17(18)19)9(3)15-16(13)4/h5-8,11,14H,1-4H3. The third-order valence-corrected chi connectivity index (χ3v) is 4.14. The van der Waals surface area contributed by atoms with Crippen molar-refractivity contribution in [3.8, 4) is 0 Å². The Morgan fingerprint density at radius 2 is 2.20 bits per heavy atom. The molecule has 108 valence electrons. The maximum absolute atomic E-state index is 11.2. The summed E-state index contributed by atoms with van der Waals surface area (Å²) < 4.78 is 1.54. The number of aryl methyl sites for hydroxylation is 2. The molecule has 0 fully saturated rings. The van der Waals surface area contributed by atoms with E-state index >= 15 is 0 Å². The summed E-state index contributed by atoms with van der Waals surface area (Å²) in [6.07, 6.45) is 0. The van der Waals surface area contributed by atoms with Crippen molar-refractivity contribution in [3.63, 3.8) is 0 Å². The van der Waals surface area contributed by atoms with Crippen LogP contribution in [0.1, 0.15) is 30.5 Å². The summed E-state index contributed by atoms with van der Waals surface area (Å²) in [6, 6.07) is 4.06. The van der Waals surface area contributed by atoms with E-state index in [0.29, 0.717) is 17.4 Å². The lowest BCUT2D eigenvalue weighted by molar-refractivity contribution is -0.384. The van der Waals surface area contributed by atoms with Crippen LogP contribution >= 0.6 is 11.3 Å². The smallest absolute Gasteiger partial charge is 0.333 e. The molecule has 1 unspecified atom stereocenters. The lowest BCUT2D eigenvalue weighted by Crippen LogP contribution is -2.18. The molecule has 0 aromatic carbocycles. The Kier molecular flexibility index (Phi) is 4.08. The molecule has 0 bridgehead atoms. The third kappa shape index (κ3) is 2.67. The van der Waals surface area contributed by atoms with E-state index in [4.69, 9.17) is 0 Å². The number of aromatic nitrogens is 2. The molecule has 2 aromatic heterocycles. The van der Waals surface area contributed by atoms with Gasteiger partial charge in [-0.05, 0) is 24.3 Å². The predicted molar refractivity (Wildman–Crippen MR) is 80.1 cm³/mol. The Bertz CT molecular complexity index is 604. The van der Waals surface area contributed by atoms with Crippen LogP contribution in [0, 0.1) is 23.0 Å². The van der Waals surface area contributed by atoms with E-state index in [9.17, 15) is 10.1 Å². The van der Waals surface area contributed by atoms with Crippen molar-refractivity contribution < 1.29 is 4.92 Å². The summed E-state index contributed by atoms with van der Waals surface area (Å²) in [5.74, 6) is 0.767. The fourth-order valence-electron chi connectivity index (χ4n) is 2.21. The quantitative estimate of drug-likeness (QED) is 0.676. The van der Waals surface area contributed by atoms with Gasteiger partial charge < -0.3 is 5.32 Å². The van der Waals surface area contributed by atoms with E-state index in [1.54, 1.807) is 25.3 Å². The van der Waals surface area contributed by atoms with E-state index < -0.39 is 0 Å². The number of nitro groups is 1. The molecule has 2 aromatic rings. The van der Waals surface area contributed by atoms with Crippen molar-refractivity contribution in [1.82, 2.24) is 9.78 Å². The minimum absolute atomic E-state index is 0.0310. The number of thiophene rings is 1. The molecule has 1 N–H and O–H groups in total. The molecule has 6 nitrogen and oxygen atoms in total. The monoisotopic (exact) mass is 294 g/mol. The van der Waals surface area contributed by atoms with Crippen molar-refractivity contribution >= 4 is 22.8 Å². The molecule has 0 radical (unpaired) electrons. The number of anilines is 1. The normalized spacial score (nSPS) is 12.7. The van der Waals surface area contributed by atoms with Crippen molar-refractivity contribution in [1.29, 1.82) is 0 Å². The molecule has 2 rings (SSSR count). The highest BCUT2D eigenvalue weighted by Crippen LogP contribution is 2.34. The van der Waals surface area contributed by atoms with Crippen LogP contribution in [0.3, 0.4) is 0 Å². The van der Waals surface area contributed by atoms with Gasteiger partial charge in [-0.15, -0.1) is 11.3 Å². The molecule has 0 amide bonds. The zero-order valence-corrected chi connectivity index (χ0v) is 12.8. The first kappa shape index (κ1) is 14.5. The van der Waals surface area contributed by atoms with Gasteiger partial charge in [0.2, 0.25) is 5.82 Å². The van der Waals surface area contributed by atoms with E-state index in [2.05, 4.69) is 24.3 Å². The Labute approximate surface area is 121 Å². The van der Waals surface area contributed by atoms with Gasteiger partial charge in [-0.25, -0.2) is 4.68 Å². The average molecular weight is 294 g/mol. The maximum Gasteiger partial charge on any atom is 0.333 e. The summed E-state index contributed by atoms with van der Waals surface area (Å²) in [4.78, 5) is 12.0. The fraction of sp³-hybridized carbons (Fsp3) is 0.462. The topological polar surface area (TPSA) is 73.0 Å². The summed E-state index contributed by atoms with van der Waals surface area (Å²) >= 11 is 1.64. The van der Waals surface area contributed by atoms with E-state index in [0.717, 1.165) is 4.88 Å². The molecule has 0 spiro atoms. The van der Waals surface area contributed by atoms with Gasteiger partial charge in [-0.2, -0.15) is 5.10 Å². The van der Waals surface area contributed by atoms with Crippen molar-refractivity contribution in [2.24, 2.45) is 13.0 Å². The number of nitrogens with one attached hydrogen (secondary N) is 1. The van der Waals surface area contributed by atoms with Crippen LogP contribution in [-0.2, 0) is 7.05 Å². The van der Waals surface area contributed by atoms with E-state index in [1.807, 2.05) is 17.5 Å². The number of hydrogen-bond acceptors (Lipinski definition) is 5. The van der Waals surface area contributed by atoms with Crippen molar-refractivity contribution in [3.05, 3.63) is 38.2 Å². The van der Waals surface area contributed by atoms with Gasteiger partial charge in [-0.3, -0.25) is 10.1 Å². The third-order valence-electron chi connectivity index (χ3n) is 3.18. The summed E-state index contributed by atoms with van der Waals surface area (Å²) in [5, 5.41) is 20.6. The highest BCUT2D eigenvalue weighted by molar-refractivity contribution is 7.10. The fourth-order valence-corrected chi connectivity index (χ4v) is 3.16. The largest absolute Gasteiger partial charge is 0.357 e. The Balaban J connectivity index is 2.39. The van der Waals surface area contributed by atoms with Gasteiger partial charge in [0, 0.05) is 11.9 Å². The SMILES string of the molecule is Cc1nn(C)c(NC(c2cccs2)C(C)C)c1[N+](=O)[O-]. The van der Waals surface area contributed by atoms with E-state index in [-0.39, 0.29) is 16.7 Å². The van der Waals surface area contributed by atoms with Crippen LogP contribution in [0.5, 0.6) is 0 Å². The first-order valence-corrected chi connectivity index (χ1v) is 7.27. The minimum atomic E-state index is -0.378. The molecule has 0 aliphatic heterocycles. The lowest BCUT2D eigenvalue weighted by atomic mass is 10.0. The average Bonchev–Trinajstić information content (AvgIpc) is 2.93. The summed E-state index contributed by atoms with van der Waals surface area (Å²) in [5.41, 5.74) is 0.475. The molecular formula is C13H18N4O2S. The molecule has 20 heavy (non-hydrogen) atoms. The Hall–Kier alpha value is -1.89. The van der Waals surface area contributed by atoms with Crippen LogP contribution in [0.2, 0.25) is 0 Å². The molecule has 0 aliphatic carbocycles. The van der Waals surface area contributed by atoms with Gasteiger partial charge in [0.05, 0.1) is 11.0 Å². The molecule has 7 heteroatoms. The minimum Gasteiger partial charge on any atom is -0.357 e. The first-order valence-electron chi connectivity index (χ1n) is 6.39. The van der Waals surface area contributed by atoms with Crippen LogP contribution in [-0.4, -0.2) is 14.7 Å². The summed E-state index contributed by atoms with van der Waals surface area (Å²) in [7, 11) is 1.72. The van der Waals surface area contributed by atoms with Crippen molar-refractivity contribution in [2.75, 3.05) is 5.32 Å². The van der Waals surface area contributed by atoms with Gasteiger partial charge in [0.15, 0.2) is 0 Å². The van der Waals surface area contributed by atoms with Crippen molar-refractivity contribution in [2.45, 2.75) is 26.8 Å². The van der Waals surface area contributed by atoms with Crippen LogP contribution < -0.4 is 5.32 Å². The Morgan fingerprint density at radius 3 is 2.70 bits per heavy atom. The molecule has 0 saturated heterocycles. The lowest BCUT2D eigenvalue weighted by Gasteiger charge is -2.21. The second-order valence-corrected chi connectivity index (χ2v) is 6.02.